The standard InChI is InChI=1S/C12H13NO3/c1-9(14)10-2-4-12(5-3-10)15-8-11-6-7-16-13-11/h2-5H,6-8H2,1H3. The molecule has 1 aromatic rings. The largest absolute Gasteiger partial charge is 0.488 e. The monoisotopic (exact) mass is 219 g/mol. The molecule has 4 nitrogen and oxygen atoms in total. The summed E-state index contributed by atoms with van der Waals surface area (Å²) in [6, 6.07) is 7.08. The Morgan fingerprint density at radius 2 is 2.19 bits per heavy atom. The Kier molecular flexibility index (Phi) is 3.19. The Balaban J connectivity index is 1.92. The first-order valence-electron chi connectivity index (χ1n) is 5.17. The van der Waals surface area contributed by atoms with Crippen LogP contribution in [0.15, 0.2) is 29.4 Å². The molecule has 0 aliphatic carbocycles. The average Bonchev–Trinajstić information content (AvgIpc) is 2.80. The number of carbonyl (C=O) groups is 1. The lowest BCUT2D eigenvalue weighted by Crippen LogP contribution is -2.09. The molecule has 0 radical (unpaired) electrons. The van der Waals surface area contributed by atoms with Gasteiger partial charge in [0.05, 0.1) is 5.71 Å². The second-order valence-corrected chi connectivity index (χ2v) is 3.61. The van der Waals surface area contributed by atoms with Gasteiger partial charge in [-0.2, -0.15) is 0 Å². The summed E-state index contributed by atoms with van der Waals surface area (Å²) in [6.07, 6.45) is 0.825. The van der Waals surface area contributed by atoms with Gasteiger partial charge in [0.1, 0.15) is 19.0 Å². The Morgan fingerprint density at radius 3 is 2.75 bits per heavy atom. The fourth-order valence-electron chi connectivity index (χ4n) is 1.40. The summed E-state index contributed by atoms with van der Waals surface area (Å²) in [5.74, 6) is 0.791. The number of hydrogen-bond donors (Lipinski definition) is 0. The molecule has 0 unspecified atom stereocenters. The van der Waals surface area contributed by atoms with E-state index in [1.165, 1.54) is 0 Å². The number of Topliss-reactive ketones (excluding diaryl/α,β-unsaturated/α-hetero) is 1. The third kappa shape index (κ3) is 2.59. The van der Waals surface area contributed by atoms with Crippen molar-refractivity contribution in [3.05, 3.63) is 29.8 Å². The summed E-state index contributed by atoms with van der Waals surface area (Å²) in [5, 5.41) is 3.83. The highest BCUT2D eigenvalue weighted by Gasteiger charge is 2.08. The molecule has 0 aromatic heterocycles. The molecule has 2 rings (SSSR count). The summed E-state index contributed by atoms with van der Waals surface area (Å²) >= 11 is 0. The minimum atomic E-state index is 0.0557. The Hall–Kier alpha value is -1.84. The Labute approximate surface area is 93.9 Å². The van der Waals surface area contributed by atoms with Gasteiger partial charge in [-0.05, 0) is 31.2 Å². The normalized spacial score (nSPS) is 14.2. The van der Waals surface area contributed by atoms with Crippen LogP contribution in [0, 0.1) is 0 Å². The molecule has 0 bridgehead atoms. The van der Waals surface area contributed by atoms with Crippen LogP contribution in [0.3, 0.4) is 0 Å². The number of rotatable bonds is 4. The lowest BCUT2D eigenvalue weighted by molar-refractivity contribution is 0.101. The highest BCUT2D eigenvalue weighted by Crippen LogP contribution is 2.13. The molecular weight excluding hydrogens is 206 g/mol. The van der Waals surface area contributed by atoms with Crippen LogP contribution in [0.2, 0.25) is 0 Å². The molecule has 0 spiro atoms. The first kappa shape index (κ1) is 10.7. The predicted molar refractivity (Wildman–Crippen MR) is 59.9 cm³/mol. The van der Waals surface area contributed by atoms with E-state index in [4.69, 9.17) is 9.57 Å². The van der Waals surface area contributed by atoms with Gasteiger partial charge in [-0.15, -0.1) is 0 Å². The number of ether oxygens (including phenoxy) is 1. The minimum absolute atomic E-state index is 0.0557. The maximum absolute atomic E-state index is 11.0. The van der Waals surface area contributed by atoms with Gasteiger partial charge in [0.2, 0.25) is 0 Å². The first-order valence-corrected chi connectivity index (χ1v) is 5.17. The average molecular weight is 219 g/mol. The van der Waals surface area contributed by atoms with Crippen LogP contribution in [0.1, 0.15) is 23.7 Å². The molecule has 0 saturated carbocycles. The highest BCUT2D eigenvalue weighted by atomic mass is 16.6. The Bertz CT molecular complexity index is 409. The third-order valence-corrected chi connectivity index (χ3v) is 2.34. The molecule has 16 heavy (non-hydrogen) atoms. The zero-order valence-electron chi connectivity index (χ0n) is 9.10. The first-order chi connectivity index (χ1) is 7.75. The smallest absolute Gasteiger partial charge is 0.159 e. The fourth-order valence-corrected chi connectivity index (χ4v) is 1.40. The summed E-state index contributed by atoms with van der Waals surface area (Å²) < 4.78 is 5.50. The lowest BCUT2D eigenvalue weighted by atomic mass is 10.1. The number of oxime groups is 1. The van der Waals surface area contributed by atoms with Crippen LogP contribution in [0.4, 0.5) is 0 Å². The van der Waals surface area contributed by atoms with Crippen LogP contribution in [-0.4, -0.2) is 24.7 Å². The van der Waals surface area contributed by atoms with E-state index in [0.717, 1.165) is 17.9 Å². The van der Waals surface area contributed by atoms with E-state index in [0.29, 0.717) is 18.8 Å². The van der Waals surface area contributed by atoms with Crippen LogP contribution in [0.25, 0.3) is 0 Å². The molecule has 84 valence electrons. The van der Waals surface area contributed by atoms with Crippen molar-refractivity contribution in [2.24, 2.45) is 5.16 Å². The zero-order valence-corrected chi connectivity index (χ0v) is 9.10. The number of benzene rings is 1. The van der Waals surface area contributed by atoms with Gasteiger partial charge in [-0.25, -0.2) is 0 Å². The van der Waals surface area contributed by atoms with Crippen LogP contribution >= 0.6 is 0 Å². The molecule has 0 N–H and O–H groups in total. The van der Waals surface area contributed by atoms with Gasteiger partial charge in [0.15, 0.2) is 5.78 Å². The van der Waals surface area contributed by atoms with Crippen molar-refractivity contribution in [2.45, 2.75) is 13.3 Å². The molecule has 1 aliphatic heterocycles. The summed E-state index contributed by atoms with van der Waals surface area (Å²) in [5.41, 5.74) is 1.60. The Morgan fingerprint density at radius 1 is 1.44 bits per heavy atom. The fraction of sp³-hybridized carbons (Fsp3) is 0.333. The highest BCUT2D eigenvalue weighted by molar-refractivity contribution is 5.94. The van der Waals surface area contributed by atoms with Crippen LogP contribution in [0.5, 0.6) is 5.75 Å². The molecule has 1 heterocycles. The number of ketones is 1. The van der Waals surface area contributed by atoms with Crippen molar-refractivity contribution in [1.29, 1.82) is 0 Å². The number of carbonyl (C=O) groups excluding carboxylic acids is 1. The van der Waals surface area contributed by atoms with Crippen LogP contribution in [-0.2, 0) is 4.84 Å². The van der Waals surface area contributed by atoms with Gasteiger partial charge in [0, 0.05) is 12.0 Å². The van der Waals surface area contributed by atoms with Crippen molar-refractivity contribution in [3.63, 3.8) is 0 Å². The van der Waals surface area contributed by atoms with Gasteiger partial charge in [-0.1, -0.05) is 5.16 Å². The zero-order chi connectivity index (χ0) is 11.4. The van der Waals surface area contributed by atoms with Gasteiger partial charge < -0.3 is 9.57 Å². The topological polar surface area (TPSA) is 47.9 Å². The van der Waals surface area contributed by atoms with E-state index >= 15 is 0 Å². The van der Waals surface area contributed by atoms with Crippen molar-refractivity contribution >= 4 is 11.5 Å². The SMILES string of the molecule is CC(=O)c1ccc(OCC2=NOCC2)cc1. The van der Waals surface area contributed by atoms with Crippen molar-refractivity contribution < 1.29 is 14.4 Å². The van der Waals surface area contributed by atoms with Crippen molar-refractivity contribution in [2.75, 3.05) is 13.2 Å². The van der Waals surface area contributed by atoms with Gasteiger partial charge in [-0.3, -0.25) is 4.79 Å². The summed E-state index contributed by atoms with van der Waals surface area (Å²) in [4.78, 5) is 15.9. The second-order valence-electron chi connectivity index (χ2n) is 3.61. The van der Waals surface area contributed by atoms with E-state index < -0.39 is 0 Å². The molecule has 0 atom stereocenters. The van der Waals surface area contributed by atoms with Gasteiger partial charge in [0.25, 0.3) is 0 Å². The van der Waals surface area contributed by atoms with Crippen molar-refractivity contribution in [1.82, 2.24) is 0 Å². The molecule has 0 fully saturated rings. The van der Waals surface area contributed by atoms with Gasteiger partial charge >= 0.3 is 0 Å². The summed E-state index contributed by atoms with van der Waals surface area (Å²) in [6.45, 7) is 2.63. The molecule has 0 amide bonds. The summed E-state index contributed by atoms with van der Waals surface area (Å²) in [7, 11) is 0. The maximum Gasteiger partial charge on any atom is 0.159 e. The lowest BCUT2D eigenvalue weighted by Gasteiger charge is -2.05. The molecule has 1 aliphatic rings. The third-order valence-electron chi connectivity index (χ3n) is 2.34. The quantitative estimate of drug-likeness (QED) is 0.728. The number of hydrogen-bond acceptors (Lipinski definition) is 4. The van der Waals surface area contributed by atoms with Crippen molar-refractivity contribution in [3.8, 4) is 5.75 Å². The molecular formula is C12H13NO3. The second kappa shape index (κ2) is 4.79. The molecule has 1 aromatic carbocycles. The van der Waals surface area contributed by atoms with E-state index in [2.05, 4.69) is 5.16 Å². The number of nitrogens with zero attached hydrogens (tertiary/aromatic N) is 1. The van der Waals surface area contributed by atoms with Crippen LogP contribution < -0.4 is 4.74 Å². The van der Waals surface area contributed by atoms with E-state index in [9.17, 15) is 4.79 Å². The van der Waals surface area contributed by atoms with E-state index in [-0.39, 0.29) is 5.78 Å². The molecule has 4 heteroatoms. The maximum atomic E-state index is 11.0. The predicted octanol–water partition coefficient (Wildman–Crippen LogP) is 2.04. The van der Waals surface area contributed by atoms with E-state index in [1.807, 2.05) is 0 Å². The van der Waals surface area contributed by atoms with E-state index in [1.54, 1.807) is 31.2 Å². The minimum Gasteiger partial charge on any atom is -0.488 e. The molecule has 0 saturated heterocycles.